The van der Waals surface area contributed by atoms with E-state index in [2.05, 4.69) is 30.8 Å². The number of hydrogen-bond donors (Lipinski definition) is 0. The summed E-state index contributed by atoms with van der Waals surface area (Å²) in [5.41, 5.74) is 1.29. The van der Waals surface area contributed by atoms with Gasteiger partial charge in [-0.15, -0.1) is 6.58 Å². The normalized spacial score (nSPS) is 27.1. The fourth-order valence-electron chi connectivity index (χ4n) is 1.94. The molecular formula is C13H16O. The fraction of sp³-hybridized carbons (Fsp3) is 0.385. The van der Waals surface area contributed by atoms with Crippen LogP contribution in [0.1, 0.15) is 30.9 Å². The molecule has 14 heavy (non-hydrogen) atoms. The van der Waals surface area contributed by atoms with Gasteiger partial charge in [0.05, 0.1) is 12.2 Å². The number of ether oxygens (including phenoxy) is 1. The minimum absolute atomic E-state index is 0.244. The average Bonchev–Trinajstić information content (AvgIpc) is 2.30. The van der Waals surface area contributed by atoms with Gasteiger partial charge in [-0.1, -0.05) is 36.4 Å². The van der Waals surface area contributed by atoms with Crippen molar-refractivity contribution >= 4 is 0 Å². The van der Waals surface area contributed by atoms with E-state index in [1.165, 1.54) is 12.0 Å². The molecular weight excluding hydrogens is 172 g/mol. The van der Waals surface area contributed by atoms with Crippen LogP contribution < -0.4 is 0 Å². The van der Waals surface area contributed by atoms with Crippen molar-refractivity contribution in [3.63, 3.8) is 0 Å². The molecule has 1 aromatic carbocycles. The van der Waals surface area contributed by atoms with Crippen molar-refractivity contribution in [2.45, 2.75) is 31.5 Å². The third-order valence-corrected chi connectivity index (χ3v) is 2.73. The molecule has 74 valence electrons. The summed E-state index contributed by atoms with van der Waals surface area (Å²) in [5, 5.41) is 0. The summed E-state index contributed by atoms with van der Waals surface area (Å²) >= 11 is 0. The van der Waals surface area contributed by atoms with Crippen LogP contribution in [0.25, 0.3) is 0 Å². The van der Waals surface area contributed by atoms with Crippen LogP contribution in [-0.4, -0.2) is 6.10 Å². The molecule has 0 N–H and O–H groups in total. The van der Waals surface area contributed by atoms with E-state index < -0.39 is 0 Å². The van der Waals surface area contributed by atoms with Gasteiger partial charge in [0, 0.05) is 0 Å². The SMILES string of the molecule is C=C[C@H]1CCC[C@H](c2ccccc2)O1. The minimum atomic E-state index is 0.244. The highest BCUT2D eigenvalue weighted by molar-refractivity contribution is 5.18. The quantitative estimate of drug-likeness (QED) is 0.645. The number of rotatable bonds is 2. The van der Waals surface area contributed by atoms with Crippen LogP contribution in [0.15, 0.2) is 43.0 Å². The number of hydrogen-bond acceptors (Lipinski definition) is 1. The first kappa shape index (κ1) is 9.47. The lowest BCUT2D eigenvalue weighted by Crippen LogP contribution is -2.20. The Labute approximate surface area is 85.4 Å². The Morgan fingerprint density at radius 2 is 2.00 bits per heavy atom. The zero-order valence-corrected chi connectivity index (χ0v) is 8.36. The van der Waals surface area contributed by atoms with E-state index in [9.17, 15) is 0 Å². The summed E-state index contributed by atoms with van der Waals surface area (Å²) in [6.45, 7) is 3.79. The molecule has 0 spiro atoms. The first-order chi connectivity index (χ1) is 6.90. The second kappa shape index (κ2) is 4.43. The van der Waals surface area contributed by atoms with E-state index >= 15 is 0 Å². The maximum atomic E-state index is 5.90. The molecule has 1 fully saturated rings. The molecule has 2 rings (SSSR count). The Bertz CT molecular complexity index is 291. The second-order valence-corrected chi connectivity index (χ2v) is 3.74. The monoisotopic (exact) mass is 188 g/mol. The predicted octanol–water partition coefficient (Wildman–Crippen LogP) is 3.48. The van der Waals surface area contributed by atoms with Crippen molar-refractivity contribution in [1.29, 1.82) is 0 Å². The topological polar surface area (TPSA) is 9.23 Å². The average molecular weight is 188 g/mol. The first-order valence-corrected chi connectivity index (χ1v) is 5.23. The van der Waals surface area contributed by atoms with Gasteiger partial charge in [0.25, 0.3) is 0 Å². The molecule has 0 amide bonds. The summed E-state index contributed by atoms with van der Waals surface area (Å²) < 4.78 is 5.90. The summed E-state index contributed by atoms with van der Waals surface area (Å²) in [4.78, 5) is 0. The van der Waals surface area contributed by atoms with Crippen molar-refractivity contribution in [3.8, 4) is 0 Å². The Balaban J connectivity index is 2.08. The predicted molar refractivity (Wildman–Crippen MR) is 58.1 cm³/mol. The van der Waals surface area contributed by atoms with E-state index in [0.29, 0.717) is 0 Å². The van der Waals surface area contributed by atoms with Gasteiger partial charge in [-0.05, 0) is 24.8 Å². The Morgan fingerprint density at radius 3 is 2.71 bits per heavy atom. The largest absolute Gasteiger partial charge is 0.366 e. The summed E-state index contributed by atoms with van der Waals surface area (Å²) in [7, 11) is 0. The molecule has 1 heterocycles. The molecule has 0 aliphatic carbocycles. The minimum Gasteiger partial charge on any atom is -0.366 e. The van der Waals surface area contributed by atoms with Crippen LogP contribution in [-0.2, 0) is 4.74 Å². The molecule has 2 atom stereocenters. The number of benzene rings is 1. The van der Waals surface area contributed by atoms with Gasteiger partial charge in [0.2, 0.25) is 0 Å². The van der Waals surface area contributed by atoms with Gasteiger partial charge in [-0.3, -0.25) is 0 Å². The molecule has 1 heteroatoms. The van der Waals surface area contributed by atoms with Crippen molar-refractivity contribution < 1.29 is 4.74 Å². The third kappa shape index (κ3) is 2.05. The van der Waals surface area contributed by atoms with Crippen molar-refractivity contribution in [1.82, 2.24) is 0 Å². The van der Waals surface area contributed by atoms with E-state index in [0.717, 1.165) is 12.8 Å². The lowest BCUT2D eigenvalue weighted by Gasteiger charge is -2.28. The molecule has 0 aromatic heterocycles. The van der Waals surface area contributed by atoms with Crippen LogP contribution in [0.2, 0.25) is 0 Å². The molecule has 1 saturated heterocycles. The second-order valence-electron chi connectivity index (χ2n) is 3.74. The molecule has 0 saturated carbocycles. The highest BCUT2D eigenvalue weighted by Gasteiger charge is 2.20. The zero-order chi connectivity index (χ0) is 9.80. The molecule has 1 aromatic rings. The summed E-state index contributed by atoms with van der Waals surface area (Å²) in [6.07, 6.45) is 5.91. The Kier molecular flexibility index (Phi) is 3.00. The van der Waals surface area contributed by atoms with Crippen molar-refractivity contribution in [2.75, 3.05) is 0 Å². The van der Waals surface area contributed by atoms with Crippen molar-refractivity contribution in [2.24, 2.45) is 0 Å². The van der Waals surface area contributed by atoms with Gasteiger partial charge in [-0.25, -0.2) is 0 Å². The molecule has 1 nitrogen and oxygen atoms in total. The van der Waals surface area contributed by atoms with Crippen molar-refractivity contribution in [3.05, 3.63) is 48.6 Å². The standard InChI is InChI=1S/C13H16O/c1-2-12-9-6-10-13(14-12)11-7-4-3-5-8-11/h2-5,7-8,12-13H,1,6,9-10H2/t12-,13+/m0/s1. The lowest BCUT2D eigenvalue weighted by molar-refractivity contribution is -0.0265. The van der Waals surface area contributed by atoms with E-state index in [1.54, 1.807) is 0 Å². The van der Waals surface area contributed by atoms with Gasteiger partial charge in [0.15, 0.2) is 0 Å². The highest BCUT2D eigenvalue weighted by atomic mass is 16.5. The molecule has 0 bridgehead atoms. The maximum Gasteiger partial charge on any atom is 0.0833 e. The van der Waals surface area contributed by atoms with Gasteiger partial charge < -0.3 is 4.74 Å². The molecule has 1 aliphatic rings. The zero-order valence-electron chi connectivity index (χ0n) is 8.36. The van der Waals surface area contributed by atoms with Gasteiger partial charge >= 0.3 is 0 Å². The summed E-state index contributed by atoms with van der Waals surface area (Å²) in [5.74, 6) is 0. The third-order valence-electron chi connectivity index (χ3n) is 2.73. The molecule has 0 unspecified atom stereocenters. The van der Waals surface area contributed by atoms with Gasteiger partial charge in [-0.2, -0.15) is 0 Å². The fourth-order valence-corrected chi connectivity index (χ4v) is 1.94. The smallest absolute Gasteiger partial charge is 0.0833 e. The highest BCUT2D eigenvalue weighted by Crippen LogP contribution is 2.31. The van der Waals surface area contributed by atoms with Gasteiger partial charge in [0.1, 0.15) is 0 Å². The Morgan fingerprint density at radius 1 is 1.21 bits per heavy atom. The first-order valence-electron chi connectivity index (χ1n) is 5.23. The van der Waals surface area contributed by atoms with Crippen LogP contribution in [0, 0.1) is 0 Å². The van der Waals surface area contributed by atoms with Crippen LogP contribution in [0.5, 0.6) is 0 Å². The van der Waals surface area contributed by atoms with Crippen LogP contribution in [0.4, 0.5) is 0 Å². The lowest BCUT2D eigenvalue weighted by atomic mass is 9.98. The van der Waals surface area contributed by atoms with E-state index in [4.69, 9.17) is 4.74 Å². The van der Waals surface area contributed by atoms with Crippen LogP contribution in [0.3, 0.4) is 0 Å². The van der Waals surface area contributed by atoms with E-state index in [-0.39, 0.29) is 12.2 Å². The van der Waals surface area contributed by atoms with E-state index in [1.807, 2.05) is 12.1 Å². The molecule has 1 aliphatic heterocycles. The maximum absolute atomic E-state index is 5.90. The Hall–Kier alpha value is -1.08. The summed E-state index contributed by atoms with van der Waals surface area (Å²) in [6, 6.07) is 10.4. The molecule has 0 radical (unpaired) electrons. The van der Waals surface area contributed by atoms with Crippen LogP contribution >= 0.6 is 0 Å².